The van der Waals surface area contributed by atoms with E-state index >= 15 is 0 Å². The maximum absolute atomic E-state index is 12.7. The SMILES string of the molecule is CC\C=C/C=C\C=C/C=C\CCCCCC(=O)OC(COC(=O)C/C=C\C/C=C\C/C=C\CC)COC(=O)CCCCCCC/C=C\CCCCCCCCC. The summed E-state index contributed by atoms with van der Waals surface area (Å²) in [5, 5.41) is 0. The number of allylic oxidation sites excluding steroid dienone is 15. The average molecular weight is 777 g/mol. The fraction of sp³-hybridized carbons (Fsp3) is 0.620. The Morgan fingerprint density at radius 3 is 1.46 bits per heavy atom. The minimum Gasteiger partial charge on any atom is -0.462 e. The van der Waals surface area contributed by atoms with Crippen molar-refractivity contribution >= 4 is 17.9 Å². The summed E-state index contributed by atoms with van der Waals surface area (Å²) in [6, 6.07) is 0. The molecule has 0 aromatic carbocycles. The van der Waals surface area contributed by atoms with E-state index in [1.807, 2.05) is 42.5 Å². The molecule has 316 valence electrons. The van der Waals surface area contributed by atoms with Crippen LogP contribution in [0.25, 0.3) is 0 Å². The highest BCUT2D eigenvalue weighted by Gasteiger charge is 2.19. The van der Waals surface area contributed by atoms with Gasteiger partial charge >= 0.3 is 17.9 Å². The van der Waals surface area contributed by atoms with E-state index in [9.17, 15) is 14.4 Å². The highest BCUT2D eigenvalue weighted by Crippen LogP contribution is 2.12. The maximum atomic E-state index is 12.7. The van der Waals surface area contributed by atoms with Crippen LogP contribution in [0.5, 0.6) is 0 Å². The molecule has 0 heterocycles. The molecule has 1 atom stereocenters. The van der Waals surface area contributed by atoms with Gasteiger partial charge < -0.3 is 14.2 Å². The van der Waals surface area contributed by atoms with Gasteiger partial charge in [-0.2, -0.15) is 0 Å². The number of rotatable bonds is 38. The molecule has 1 unspecified atom stereocenters. The molecule has 0 rings (SSSR count). The molecular formula is C50H80O6. The van der Waals surface area contributed by atoms with E-state index in [4.69, 9.17) is 14.2 Å². The van der Waals surface area contributed by atoms with Crippen LogP contribution in [-0.4, -0.2) is 37.2 Å². The maximum Gasteiger partial charge on any atom is 0.309 e. The predicted octanol–water partition coefficient (Wildman–Crippen LogP) is 14.2. The van der Waals surface area contributed by atoms with Gasteiger partial charge in [-0.25, -0.2) is 0 Å². The second kappa shape index (κ2) is 44.0. The fourth-order valence-electron chi connectivity index (χ4n) is 5.62. The van der Waals surface area contributed by atoms with Crippen LogP contribution in [0.3, 0.4) is 0 Å². The van der Waals surface area contributed by atoms with Crippen LogP contribution in [0, 0.1) is 0 Å². The molecule has 0 saturated carbocycles. The summed E-state index contributed by atoms with van der Waals surface area (Å²) in [5.74, 6) is -1.11. The topological polar surface area (TPSA) is 78.9 Å². The van der Waals surface area contributed by atoms with Gasteiger partial charge in [0.1, 0.15) is 13.2 Å². The van der Waals surface area contributed by atoms with Gasteiger partial charge in [0.05, 0.1) is 6.42 Å². The van der Waals surface area contributed by atoms with Crippen LogP contribution in [0.2, 0.25) is 0 Å². The number of esters is 3. The predicted molar refractivity (Wildman–Crippen MR) is 237 cm³/mol. The van der Waals surface area contributed by atoms with Crippen molar-refractivity contribution in [2.24, 2.45) is 0 Å². The Balaban J connectivity index is 4.50. The quantitative estimate of drug-likeness (QED) is 0.0204. The van der Waals surface area contributed by atoms with E-state index < -0.39 is 12.1 Å². The monoisotopic (exact) mass is 777 g/mol. The summed E-state index contributed by atoms with van der Waals surface area (Å²) in [6.07, 6.45) is 57.1. The number of carbonyl (C=O) groups excluding carboxylic acids is 3. The molecule has 0 aromatic rings. The fourth-order valence-corrected chi connectivity index (χ4v) is 5.62. The van der Waals surface area contributed by atoms with Crippen LogP contribution in [0.15, 0.2) is 97.2 Å². The number of unbranched alkanes of at least 4 members (excludes halogenated alkanes) is 15. The lowest BCUT2D eigenvalue weighted by atomic mass is 10.1. The van der Waals surface area contributed by atoms with Crippen LogP contribution < -0.4 is 0 Å². The smallest absolute Gasteiger partial charge is 0.309 e. The molecule has 0 aliphatic rings. The van der Waals surface area contributed by atoms with Gasteiger partial charge in [0.25, 0.3) is 0 Å². The van der Waals surface area contributed by atoms with Crippen molar-refractivity contribution in [3.63, 3.8) is 0 Å². The molecule has 0 aliphatic heterocycles. The summed E-state index contributed by atoms with van der Waals surface area (Å²) in [5.41, 5.74) is 0. The zero-order valence-corrected chi connectivity index (χ0v) is 35.9. The molecule has 6 nitrogen and oxygen atoms in total. The third-order valence-corrected chi connectivity index (χ3v) is 8.93. The lowest BCUT2D eigenvalue weighted by molar-refractivity contribution is -0.166. The Kier molecular flexibility index (Phi) is 41.2. The van der Waals surface area contributed by atoms with Crippen molar-refractivity contribution in [3.8, 4) is 0 Å². The minimum absolute atomic E-state index is 0.122. The number of hydrogen-bond donors (Lipinski definition) is 0. The van der Waals surface area contributed by atoms with Crippen molar-refractivity contribution in [3.05, 3.63) is 97.2 Å². The summed E-state index contributed by atoms with van der Waals surface area (Å²) in [6.45, 7) is 6.20. The Bertz CT molecular complexity index is 1170. The molecule has 0 bridgehead atoms. The van der Waals surface area contributed by atoms with Gasteiger partial charge in [-0.15, -0.1) is 0 Å². The van der Waals surface area contributed by atoms with Gasteiger partial charge in [0, 0.05) is 12.8 Å². The lowest BCUT2D eigenvalue weighted by Gasteiger charge is -2.18. The molecule has 0 N–H and O–H groups in total. The second-order valence-corrected chi connectivity index (χ2v) is 14.3. The van der Waals surface area contributed by atoms with Gasteiger partial charge in [-0.1, -0.05) is 182 Å². The summed E-state index contributed by atoms with van der Waals surface area (Å²) in [7, 11) is 0. The highest BCUT2D eigenvalue weighted by atomic mass is 16.6. The zero-order chi connectivity index (χ0) is 40.8. The minimum atomic E-state index is -0.835. The van der Waals surface area contributed by atoms with E-state index in [0.717, 1.165) is 77.0 Å². The molecule has 0 amide bonds. The molecule has 0 aromatic heterocycles. The van der Waals surface area contributed by atoms with Crippen molar-refractivity contribution in [1.29, 1.82) is 0 Å². The number of carbonyl (C=O) groups is 3. The molecule has 0 spiro atoms. The van der Waals surface area contributed by atoms with Crippen molar-refractivity contribution in [2.75, 3.05) is 13.2 Å². The zero-order valence-electron chi connectivity index (χ0n) is 35.9. The molecule has 0 radical (unpaired) electrons. The van der Waals surface area contributed by atoms with Crippen molar-refractivity contribution in [1.82, 2.24) is 0 Å². The van der Waals surface area contributed by atoms with Crippen LogP contribution in [0.1, 0.15) is 181 Å². The summed E-state index contributed by atoms with van der Waals surface area (Å²) < 4.78 is 16.5. The van der Waals surface area contributed by atoms with Gasteiger partial charge in [-0.05, 0) is 77.0 Å². The van der Waals surface area contributed by atoms with E-state index in [2.05, 4.69) is 69.4 Å². The van der Waals surface area contributed by atoms with E-state index in [-0.39, 0.29) is 38.0 Å². The molecule has 0 fully saturated rings. The van der Waals surface area contributed by atoms with Crippen LogP contribution in [-0.2, 0) is 28.6 Å². The van der Waals surface area contributed by atoms with E-state index in [1.165, 1.54) is 57.8 Å². The highest BCUT2D eigenvalue weighted by molar-refractivity contribution is 5.72. The summed E-state index contributed by atoms with van der Waals surface area (Å²) >= 11 is 0. The third kappa shape index (κ3) is 41.5. The van der Waals surface area contributed by atoms with E-state index in [0.29, 0.717) is 12.8 Å². The number of ether oxygens (including phenoxy) is 3. The van der Waals surface area contributed by atoms with Gasteiger partial charge in [-0.3, -0.25) is 14.4 Å². The Morgan fingerprint density at radius 1 is 0.411 bits per heavy atom. The first kappa shape index (κ1) is 52.3. The van der Waals surface area contributed by atoms with Crippen molar-refractivity contribution in [2.45, 2.75) is 187 Å². The molecular weight excluding hydrogens is 697 g/mol. The van der Waals surface area contributed by atoms with Gasteiger partial charge in [0.15, 0.2) is 6.10 Å². The first-order valence-corrected chi connectivity index (χ1v) is 22.3. The molecule has 6 heteroatoms. The Hall–Kier alpha value is -3.67. The summed E-state index contributed by atoms with van der Waals surface area (Å²) in [4.78, 5) is 37.6. The largest absolute Gasteiger partial charge is 0.462 e. The first-order chi connectivity index (χ1) is 27.5. The Morgan fingerprint density at radius 2 is 0.857 bits per heavy atom. The third-order valence-electron chi connectivity index (χ3n) is 8.93. The molecule has 0 saturated heterocycles. The standard InChI is InChI=1S/C50H80O6/c1-4-7-10-13-16-19-21-23-24-25-27-28-31-34-37-40-43-49(52)55-46-47(45-54-48(51)42-39-36-33-30-18-15-12-9-6-3)56-50(53)44-41-38-35-32-29-26-22-20-17-14-11-8-5-2/h8-9,11-12,14,17-18,20,22,24-26,29-30,36,39,47H,4-7,10,13,15-16,19,21,23,27-28,31-35,37-38,40-46H2,1-3H3/b11-8-,12-9-,17-14-,22-20-,25-24-,29-26-,30-18-,39-36-. The van der Waals surface area contributed by atoms with Crippen LogP contribution >= 0.6 is 0 Å². The molecule has 0 aliphatic carbocycles. The number of hydrogen-bond acceptors (Lipinski definition) is 6. The van der Waals surface area contributed by atoms with Crippen molar-refractivity contribution < 1.29 is 28.6 Å². The van der Waals surface area contributed by atoms with Crippen LogP contribution in [0.4, 0.5) is 0 Å². The lowest BCUT2D eigenvalue weighted by Crippen LogP contribution is -2.30. The second-order valence-electron chi connectivity index (χ2n) is 14.3. The first-order valence-electron chi connectivity index (χ1n) is 22.3. The Labute approximate surface area is 343 Å². The normalized spacial score (nSPS) is 13.0. The average Bonchev–Trinajstić information content (AvgIpc) is 3.19. The van der Waals surface area contributed by atoms with Gasteiger partial charge in [0.2, 0.25) is 0 Å². The molecule has 56 heavy (non-hydrogen) atoms. The van der Waals surface area contributed by atoms with E-state index in [1.54, 1.807) is 6.08 Å².